The third-order valence-electron chi connectivity index (χ3n) is 6.25. The lowest BCUT2D eigenvalue weighted by molar-refractivity contribution is -0.143. The van der Waals surface area contributed by atoms with Crippen LogP contribution in [0.2, 0.25) is 0 Å². The van der Waals surface area contributed by atoms with E-state index in [-0.39, 0.29) is 28.3 Å². The average Bonchev–Trinajstić information content (AvgIpc) is 3.43. The standard InChI is InChI=1S/C25H18F6O4/c1-32-15-5-4-14(11-8-12(24(26,27)28)10-13(9-11)25(29,30)31)18-19(15)23(34-3)21-17-7-6-16(35-17)20(21)22(18)33-2/h4-10,16-17H,1-3H3/t16-,17+/m1/s1. The molecule has 10 heteroatoms. The Morgan fingerprint density at radius 3 is 1.66 bits per heavy atom. The summed E-state index contributed by atoms with van der Waals surface area (Å²) >= 11 is 0. The lowest BCUT2D eigenvalue weighted by atomic mass is 9.86. The summed E-state index contributed by atoms with van der Waals surface area (Å²) in [5.41, 5.74) is -1.71. The molecule has 184 valence electrons. The molecule has 2 heterocycles. The van der Waals surface area contributed by atoms with Crippen LogP contribution in [0.3, 0.4) is 0 Å². The van der Waals surface area contributed by atoms with E-state index >= 15 is 0 Å². The Morgan fingerprint density at radius 1 is 0.686 bits per heavy atom. The summed E-state index contributed by atoms with van der Waals surface area (Å²) in [5, 5.41) is 0.623. The fraction of sp³-hybridized carbons (Fsp3) is 0.280. The second-order valence-electron chi connectivity index (χ2n) is 8.12. The maximum atomic E-state index is 13.6. The number of alkyl halides is 6. The van der Waals surface area contributed by atoms with Crippen LogP contribution in [0.25, 0.3) is 21.9 Å². The predicted octanol–water partition coefficient (Wildman–Crippen LogP) is 7.25. The van der Waals surface area contributed by atoms with Gasteiger partial charge >= 0.3 is 12.4 Å². The molecule has 0 fully saturated rings. The molecule has 5 rings (SSSR count). The Labute approximate surface area is 195 Å². The summed E-state index contributed by atoms with van der Waals surface area (Å²) in [4.78, 5) is 0. The predicted molar refractivity (Wildman–Crippen MR) is 115 cm³/mol. The number of fused-ring (bicyclic) bond motifs is 6. The van der Waals surface area contributed by atoms with E-state index in [1.807, 2.05) is 12.2 Å². The molecule has 0 saturated carbocycles. The molecule has 3 aromatic carbocycles. The van der Waals surface area contributed by atoms with Crippen LogP contribution in [-0.4, -0.2) is 21.3 Å². The zero-order valence-corrected chi connectivity index (χ0v) is 18.6. The van der Waals surface area contributed by atoms with Gasteiger partial charge in [-0.3, -0.25) is 0 Å². The Morgan fingerprint density at radius 2 is 1.20 bits per heavy atom. The molecular weight excluding hydrogens is 478 g/mol. The molecule has 0 aliphatic carbocycles. The van der Waals surface area contributed by atoms with E-state index in [2.05, 4.69) is 0 Å². The van der Waals surface area contributed by atoms with Crippen molar-refractivity contribution in [3.63, 3.8) is 0 Å². The van der Waals surface area contributed by atoms with Crippen molar-refractivity contribution >= 4 is 10.8 Å². The fourth-order valence-corrected chi connectivity index (χ4v) is 4.85. The van der Waals surface area contributed by atoms with E-state index in [0.717, 1.165) is 0 Å². The van der Waals surface area contributed by atoms with E-state index in [9.17, 15) is 26.3 Å². The van der Waals surface area contributed by atoms with Gasteiger partial charge in [-0.2, -0.15) is 26.3 Å². The Balaban J connectivity index is 1.93. The highest BCUT2D eigenvalue weighted by atomic mass is 19.4. The molecule has 0 N–H and O–H groups in total. The topological polar surface area (TPSA) is 36.9 Å². The molecular formula is C25H18F6O4. The third kappa shape index (κ3) is 3.50. The van der Waals surface area contributed by atoms with Crippen molar-refractivity contribution in [1.29, 1.82) is 0 Å². The largest absolute Gasteiger partial charge is 0.496 e. The van der Waals surface area contributed by atoms with E-state index in [4.69, 9.17) is 18.9 Å². The minimum Gasteiger partial charge on any atom is -0.496 e. The van der Waals surface area contributed by atoms with Gasteiger partial charge in [-0.05, 0) is 41.5 Å². The Hall–Kier alpha value is -3.40. The highest BCUT2D eigenvalue weighted by Gasteiger charge is 2.42. The van der Waals surface area contributed by atoms with E-state index in [1.165, 1.54) is 33.5 Å². The maximum absolute atomic E-state index is 13.6. The van der Waals surface area contributed by atoms with Crippen molar-refractivity contribution in [2.75, 3.05) is 21.3 Å². The minimum atomic E-state index is -4.99. The molecule has 0 radical (unpaired) electrons. The summed E-state index contributed by atoms with van der Waals surface area (Å²) in [6.45, 7) is 0. The number of hydrogen-bond donors (Lipinski definition) is 0. The van der Waals surface area contributed by atoms with Crippen molar-refractivity contribution in [3.05, 3.63) is 64.7 Å². The van der Waals surface area contributed by atoms with Crippen LogP contribution in [0.15, 0.2) is 42.5 Å². The molecule has 0 aromatic heterocycles. The summed E-state index contributed by atoms with van der Waals surface area (Å²) in [7, 11) is 4.21. The molecule has 2 aliphatic rings. The molecule has 35 heavy (non-hydrogen) atoms. The number of hydrogen-bond acceptors (Lipinski definition) is 4. The van der Waals surface area contributed by atoms with Gasteiger partial charge in [-0.15, -0.1) is 0 Å². The average molecular weight is 496 g/mol. The van der Waals surface area contributed by atoms with Gasteiger partial charge in [0.1, 0.15) is 29.5 Å². The molecule has 2 atom stereocenters. The quantitative estimate of drug-likeness (QED) is 0.282. The highest BCUT2D eigenvalue weighted by Crippen LogP contribution is 2.59. The zero-order valence-electron chi connectivity index (χ0n) is 18.6. The van der Waals surface area contributed by atoms with Crippen LogP contribution in [-0.2, 0) is 17.1 Å². The van der Waals surface area contributed by atoms with Gasteiger partial charge in [0.25, 0.3) is 0 Å². The lowest BCUT2D eigenvalue weighted by Crippen LogP contribution is -2.11. The van der Waals surface area contributed by atoms with Crippen molar-refractivity contribution in [1.82, 2.24) is 0 Å². The highest BCUT2D eigenvalue weighted by molar-refractivity contribution is 6.09. The number of ether oxygens (including phenoxy) is 4. The molecule has 4 nitrogen and oxygen atoms in total. The van der Waals surface area contributed by atoms with Gasteiger partial charge in [0.15, 0.2) is 0 Å². The lowest BCUT2D eigenvalue weighted by Gasteiger charge is -2.23. The monoisotopic (exact) mass is 496 g/mol. The van der Waals surface area contributed by atoms with Gasteiger partial charge < -0.3 is 18.9 Å². The van der Waals surface area contributed by atoms with Crippen LogP contribution in [0.4, 0.5) is 26.3 Å². The van der Waals surface area contributed by atoms with Crippen molar-refractivity contribution in [2.45, 2.75) is 24.6 Å². The van der Waals surface area contributed by atoms with Crippen LogP contribution >= 0.6 is 0 Å². The van der Waals surface area contributed by atoms with E-state index in [0.29, 0.717) is 40.1 Å². The smallest absolute Gasteiger partial charge is 0.416 e. The van der Waals surface area contributed by atoms with Gasteiger partial charge in [-0.1, -0.05) is 12.2 Å². The molecule has 0 amide bonds. The van der Waals surface area contributed by atoms with Gasteiger partial charge in [0.2, 0.25) is 0 Å². The van der Waals surface area contributed by atoms with Crippen LogP contribution in [0.1, 0.15) is 34.5 Å². The fourth-order valence-electron chi connectivity index (χ4n) is 4.85. The van der Waals surface area contributed by atoms with E-state index < -0.39 is 35.7 Å². The Bertz CT molecular complexity index is 1340. The number of benzene rings is 3. The first-order valence-corrected chi connectivity index (χ1v) is 10.4. The van der Waals surface area contributed by atoms with Gasteiger partial charge in [0, 0.05) is 16.5 Å². The number of rotatable bonds is 4. The SMILES string of the molecule is COc1ccc(-c2cc(C(F)(F)F)cc(C(F)(F)F)c2)c2c(OC)c3c(c(OC)c12)[C@@H]1C=C[C@H]3O1. The second kappa shape index (κ2) is 7.81. The molecule has 0 saturated heterocycles. The Kier molecular flexibility index (Phi) is 5.21. The van der Waals surface area contributed by atoms with Crippen molar-refractivity contribution in [2.24, 2.45) is 0 Å². The van der Waals surface area contributed by atoms with Gasteiger partial charge in [-0.25, -0.2) is 0 Å². The number of methoxy groups -OCH3 is 3. The first kappa shape index (κ1) is 23.3. The molecule has 2 bridgehead atoms. The maximum Gasteiger partial charge on any atom is 0.416 e. The molecule has 2 aliphatic heterocycles. The summed E-state index contributed by atoms with van der Waals surface area (Å²) in [5.74, 6) is 0.943. The molecule has 3 aromatic rings. The molecule has 0 spiro atoms. The number of halogens is 6. The summed E-state index contributed by atoms with van der Waals surface area (Å²) < 4.78 is 104. The minimum absolute atomic E-state index is 0.0992. The van der Waals surface area contributed by atoms with Crippen LogP contribution in [0, 0.1) is 0 Å². The van der Waals surface area contributed by atoms with Crippen LogP contribution < -0.4 is 14.2 Å². The third-order valence-corrected chi connectivity index (χ3v) is 6.25. The summed E-state index contributed by atoms with van der Waals surface area (Å²) in [6, 6.07) is 4.37. The second-order valence-corrected chi connectivity index (χ2v) is 8.12. The van der Waals surface area contributed by atoms with Crippen molar-refractivity contribution < 1.29 is 45.3 Å². The van der Waals surface area contributed by atoms with E-state index in [1.54, 1.807) is 0 Å². The first-order valence-electron chi connectivity index (χ1n) is 10.4. The van der Waals surface area contributed by atoms with Gasteiger partial charge in [0.05, 0.1) is 37.8 Å². The molecule has 0 unspecified atom stereocenters. The van der Waals surface area contributed by atoms with Crippen LogP contribution in [0.5, 0.6) is 17.2 Å². The normalized spacial score (nSPS) is 18.8. The first-order chi connectivity index (χ1) is 16.5. The summed E-state index contributed by atoms with van der Waals surface area (Å²) in [6.07, 6.45) is -7.23. The van der Waals surface area contributed by atoms with Crippen molar-refractivity contribution in [3.8, 4) is 28.4 Å². The zero-order chi connectivity index (χ0) is 25.3.